The van der Waals surface area contributed by atoms with Crippen molar-refractivity contribution in [3.63, 3.8) is 0 Å². The molecule has 0 aromatic carbocycles. The van der Waals surface area contributed by atoms with Crippen molar-refractivity contribution in [1.29, 1.82) is 5.26 Å². The minimum Gasteiger partial charge on any atom is -0.297 e. The van der Waals surface area contributed by atoms with Crippen LogP contribution in [0.15, 0.2) is 17.5 Å². The van der Waals surface area contributed by atoms with Crippen LogP contribution in [-0.4, -0.2) is 6.04 Å². The fourth-order valence-electron chi connectivity index (χ4n) is 0.918. The molecule has 64 valence electrons. The summed E-state index contributed by atoms with van der Waals surface area (Å²) in [5, 5.41) is 13.9. The molecule has 1 aromatic heterocycles. The van der Waals surface area contributed by atoms with Gasteiger partial charge in [0.2, 0.25) is 0 Å². The van der Waals surface area contributed by atoms with Crippen LogP contribution in [0.2, 0.25) is 0 Å². The van der Waals surface area contributed by atoms with E-state index in [9.17, 15) is 0 Å². The van der Waals surface area contributed by atoms with Gasteiger partial charge in [0.25, 0.3) is 0 Å². The Morgan fingerprint density at radius 2 is 2.58 bits per heavy atom. The lowest BCUT2D eigenvalue weighted by atomic mass is 10.2. The van der Waals surface area contributed by atoms with Crippen LogP contribution in [-0.2, 0) is 6.54 Å². The largest absolute Gasteiger partial charge is 0.297 e. The van der Waals surface area contributed by atoms with Crippen molar-refractivity contribution in [1.82, 2.24) is 5.32 Å². The molecule has 12 heavy (non-hydrogen) atoms. The van der Waals surface area contributed by atoms with Crippen LogP contribution in [0.1, 0.15) is 18.2 Å². The third kappa shape index (κ3) is 2.65. The Morgan fingerprint density at radius 1 is 1.75 bits per heavy atom. The lowest BCUT2D eigenvalue weighted by Crippen LogP contribution is -2.25. The Hall–Kier alpha value is -0.850. The molecule has 0 spiro atoms. The van der Waals surface area contributed by atoms with Crippen LogP contribution < -0.4 is 5.32 Å². The van der Waals surface area contributed by atoms with E-state index in [0.717, 1.165) is 13.0 Å². The monoisotopic (exact) mass is 180 g/mol. The molecule has 0 aliphatic carbocycles. The van der Waals surface area contributed by atoms with Crippen LogP contribution in [0.3, 0.4) is 0 Å². The molecule has 0 bridgehead atoms. The maximum Gasteiger partial charge on any atom is 0.0953 e. The molecular formula is C9H12N2S. The van der Waals surface area contributed by atoms with E-state index in [-0.39, 0.29) is 6.04 Å². The first-order chi connectivity index (χ1) is 5.86. The van der Waals surface area contributed by atoms with Crippen molar-refractivity contribution in [3.05, 3.63) is 22.4 Å². The van der Waals surface area contributed by atoms with Crippen LogP contribution >= 0.6 is 11.3 Å². The van der Waals surface area contributed by atoms with Gasteiger partial charge < -0.3 is 0 Å². The van der Waals surface area contributed by atoms with Crippen molar-refractivity contribution in [2.45, 2.75) is 25.9 Å². The molecule has 1 rings (SSSR count). The number of hydrogen-bond acceptors (Lipinski definition) is 3. The number of nitrogens with zero attached hydrogens (tertiary/aromatic N) is 1. The summed E-state index contributed by atoms with van der Waals surface area (Å²) in [5.74, 6) is 0. The van der Waals surface area contributed by atoms with Crippen LogP contribution in [0.5, 0.6) is 0 Å². The smallest absolute Gasteiger partial charge is 0.0953 e. The minimum atomic E-state index is -0.00731. The summed E-state index contributed by atoms with van der Waals surface area (Å²) in [6.45, 7) is 2.82. The predicted molar refractivity (Wildman–Crippen MR) is 50.9 cm³/mol. The van der Waals surface area contributed by atoms with E-state index >= 15 is 0 Å². The average molecular weight is 180 g/mol. The van der Waals surface area contributed by atoms with Gasteiger partial charge in [0.05, 0.1) is 12.1 Å². The summed E-state index contributed by atoms with van der Waals surface area (Å²) in [4.78, 5) is 1.28. The van der Waals surface area contributed by atoms with Gasteiger partial charge in [-0.2, -0.15) is 5.26 Å². The van der Waals surface area contributed by atoms with E-state index in [1.54, 1.807) is 11.3 Å². The summed E-state index contributed by atoms with van der Waals surface area (Å²) in [6, 6.07) is 6.29. The number of rotatable bonds is 4. The zero-order chi connectivity index (χ0) is 8.81. The van der Waals surface area contributed by atoms with Gasteiger partial charge in [0.1, 0.15) is 0 Å². The number of hydrogen-bond donors (Lipinski definition) is 1. The van der Waals surface area contributed by atoms with Gasteiger partial charge in [0, 0.05) is 11.4 Å². The summed E-state index contributed by atoms with van der Waals surface area (Å²) < 4.78 is 0. The van der Waals surface area contributed by atoms with E-state index in [0.29, 0.717) is 0 Å². The molecule has 0 aliphatic heterocycles. The lowest BCUT2D eigenvalue weighted by Gasteiger charge is -2.06. The maximum absolute atomic E-state index is 8.65. The van der Waals surface area contributed by atoms with Gasteiger partial charge in [-0.3, -0.25) is 5.32 Å². The van der Waals surface area contributed by atoms with E-state index < -0.39 is 0 Å². The Balaban J connectivity index is 2.31. The predicted octanol–water partition coefficient (Wildman–Crippen LogP) is 2.14. The molecule has 0 fully saturated rings. The molecule has 3 heteroatoms. The van der Waals surface area contributed by atoms with Gasteiger partial charge in [-0.25, -0.2) is 0 Å². The van der Waals surface area contributed by atoms with Crippen molar-refractivity contribution in [2.24, 2.45) is 0 Å². The van der Waals surface area contributed by atoms with E-state index in [1.165, 1.54) is 4.88 Å². The van der Waals surface area contributed by atoms with Crippen molar-refractivity contribution in [3.8, 4) is 6.07 Å². The highest BCUT2D eigenvalue weighted by molar-refractivity contribution is 7.09. The Morgan fingerprint density at radius 3 is 3.08 bits per heavy atom. The number of nitriles is 1. The number of thiophene rings is 1. The molecule has 1 unspecified atom stereocenters. The topological polar surface area (TPSA) is 35.8 Å². The standard InChI is InChI=1S/C9H12N2S/c1-2-8(6-10)11-7-9-4-3-5-12-9/h3-5,8,11H,2,7H2,1H3. The van der Waals surface area contributed by atoms with Crippen molar-refractivity contribution >= 4 is 11.3 Å². The first-order valence-electron chi connectivity index (χ1n) is 4.02. The fourth-order valence-corrected chi connectivity index (χ4v) is 1.57. The molecule has 1 atom stereocenters. The molecule has 2 nitrogen and oxygen atoms in total. The van der Waals surface area contributed by atoms with Crippen LogP contribution in [0, 0.1) is 11.3 Å². The highest BCUT2D eigenvalue weighted by atomic mass is 32.1. The zero-order valence-corrected chi connectivity index (χ0v) is 7.90. The highest BCUT2D eigenvalue weighted by Crippen LogP contribution is 2.07. The van der Waals surface area contributed by atoms with Gasteiger partial charge in [-0.1, -0.05) is 13.0 Å². The van der Waals surface area contributed by atoms with Crippen LogP contribution in [0.25, 0.3) is 0 Å². The Labute approximate surface area is 76.8 Å². The second-order valence-corrected chi connectivity index (χ2v) is 3.58. The van der Waals surface area contributed by atoms with Gasteiger partial charge in [-0.15, -0.1) is 11.3 Å². The quantitative estimate of drug-likeness (QED) is 0.770. The molecule has 1 heterocycles. The second kappa shape index (κ2) is 4.91. The SMILES string of the molecule is CCC(C#N)NCc1cccs1. The summed E-state index contributed by atoms with van der Waals surface area (Å²) in [6.07, 6.45) is 0.863. The van der Waals surface area contributed by atoms with E-state index in [2.05, 4.69) is 17.5 Å². The average Bonchev–Trinajstić information content (AvgIpc) is 2.59. The fraction of sp³-hybridized carbons (Fsp3) is 0.444. The van der Waals surface area contributed by atoms with E-state index in [1.807, 2.05) is 18.4 Å². The third-order valence-electron chi connectivity index (χ3n) is 1.67. The van der Waals surface area contributed by atoms with Gasteiger partial charge >= 0.3 is 0 Å². The van der Waals surface area contributed by atoms with Gasteiger partial charge in [-0.05, 0) is 17.9 Å². The first kappa shape index (κ1) is 9.24. The van der Waals surface area contributed by atoms with Gasteiger partial charge in [0.15, 0.2) is 0 Å². The minimum absolute atomic E-state index is 0.00731. The molecule has 1 aromatic rings. The summed E-state index contributed by atoms with van der Waals surface area (Å²) in [7, 11) is 0. The summed E-state index contributed by atoms with van der Waals surface area (Å²) >= 11 is 1.71. The molecule has 1 N–H and O–H groups in total. The Kier molecular flexibility index (Phi) is 3.78. The highest BCUT2D eigenvalue weighted by Gasteiger charge is 2.02. The Bertz CT molecular complexity index is 248. The molecule has 0 radical (unpaired) electrons. The van der Waals surface area contributed by atoms with Crippen LogP contribution in [0.4, 0.5) is 0 Å². The molecule has 0 saturated heterocycles. The maximum atomic E-state index is 8.65. The third-order valence-corrected chi connectivity index (χ3v) is 2.54. The zero-order valence-electron chi connectivity index (χ0n) is 7.08. The molecule has 0 saturated carbocycles. The van der Waals surface area contributed by atoms with Crippen molar-refractivity contribution in [2.75, 3.05) is 0 Å². The normalized spacial score (nSPS) is 12.3. The molecule has 0 aliphatic rings. The second-order valence-electron chi connectivity index (χ2n) is 2.55. The number of nitrogens with one attached hydrogen (secondary N) is 1. The van der Waals surface area contributed by atoms with Crippen molar-refractivity contribution < 1.29 is 0 Å². The molecule has 0 amide bonds. The van der Waals surface area contributed by atoms with E-state index in [4.69, 9.17) is 5.26 Å². The first-order valence-corrected chi connectivity index (χ1v) is 4.90. The summed E-state index contributed by atoms with van der Waals surface area (Å²) in [5.41, 5.74) is 0. The lowest BCUT2D eigenvalue weighted by molar-refractivity contribution is 0.591. The molecular weight excluding hydrogens is 168 g/mol.